The molecule has 1 N–H and O–H groups in total. The molecule has 0 aliphatic heterocycles. The third-order valence-corrected chi connectivity index (χ3v) is 1.70. The summed E-state index contributed by atoms with van der Waals surface area (Å²) in [6.45, 7) is 4.31. The molecule has 1 unspecified atom stereocenters. The van der Waals surface area contributed by atoms with Crippen LogP contribution in [-0.4, -0.2) is 36.1 Å². The van der Waals surface area contributed by atoms with Gasteiger partial charge in [-0.3, -0.25) is 0 Å². The molecule has 0 aromatic rings. The van der Waals surface area contributed by atoms with Crippen molar-refractivity contribution in [2.45, 2.75) is 27.2 Å². The molecule has 17 heavy (non-hydrogen) atoms. The lowest BCUT2D eigenvalue weighted by Crippen LogP contribution is -2.63. The van der Waals surface area contributed by atoms with Crippen LogP contribution in [0.15, 0.2) is 0 Å². The Morgan fingerprint density at radius 3 is 2.06 bits per heavy atom. The summed E-state index contributed by atoms with van der Waals surface area (Å²) in [5.74, 6) is -1.04. The summed E-state index contributed by atoms with van der Waals surface area (Å²) < 4.78 is 6.67. The van der Waals surface area contributed by atoms with Gasteiger partial charge in [0.1, 0.15) is 0 Å². The molecule has 0 fully saturated rings. The summed E-state index contributed by atoms with van der Waals surface area (Å²) in [6, 6.07) is 0. The Morgan fingerprint density at radius 2 is 1.65 bits per heavy atom. The molecule has 0 heterocycles. The lowest BCUT2D eigenvalue weighted by Gasteiger charge is -2.32. The van der Waals surface area contributed by atoms with E-state index in [0.717, 1.165) is 0 Å². The lowest BCUT2D eigenvalue weighted by molar-refractivity contribution is -0.769. The molecule has 8 nitrogen and oxygen atoms in total. The number of amides is 3. The van der Waals surface area contributed by atoms with Gasteiger partial charge in [0.05, 0.1) is 19.6 Å². The van der Waals surface area contributed by atoms with E-state index in [1.54, 1.807) is 5.43 Å². The normalized spacial score (nSPS) is 13.4. The fourth-order valence-electron chi connectivity index (χ4n) is 0.939. The van der Waals surface area contributed by atoms with E-state index >= 15 is 0 Å². The molecule has 0 aromatic heterocycles. The number of nitrogens with zero attached hydrogens (tertiary/aromatic N) is 1. The number of rotatable bonds is 3. The van der Waals surface area contributed by atoms with Crippen molar-refractivity contribution in [3.05, 3.63) is 5.21 Å². The van der Waals surface area contributed by atoms with Gasteiger partial charge in [-0.05, 0) is 13.8 Å². The molecule has 0 bridgehead atoms. The minimum Gasteiger partial charge on any atom is -0.589 e. The van der Waals surface area contributed by atoms with Crippen molar-refractivity contribution < 1.29 is 28.6 Å². The summed E-state index contributed by atoms with van der Waals surface area (Å²) in [5.41, 5.74) is 1.63. The average molecular weight is 248 g/mol. The van der Waals surface area contributed by atoms with E-state index < -0.39 is 22.8 Å². The second-order valence-corrected chi connectivity index (χ2v) is 2.89. The number of carbonyl (C=O) groups excluding carboxylic acids is 3. The molecular weight excluding hydrogens is 232 g/mol. The largest absolute Gasteiger partial charge is 0.589 e. The second-order valence-electron chi connectivity index (χ2n) is 2.89. The van der Waals surface area contributed by atoms with Crippen LogP contribution in [0.5, 0.6) is 0 Å². The molecule has 0 radical (unpaired) electrons. The van der Waals surface area contributed by atoms with E-state index in [1.165, 1.54) is 20.8 Å². The van der Waals surface area contributed by atoms with Crippen LogP contribution in [0.25, 0.3) is 0 Å². The van der Waals surface area contributed by atoms with Crippen molar-refractivity contribution in [3.63, 3.8) is 0 Å². The molecular formula is C9H16N2O6. The number of hydrogen-bond donors (Lipinski definition) is 1. The Kier molecular flexibility index (Phi) is 6.15. The van der Waals surface area contributed by atoms with Crippen molar-refractivity contribution in [2.24, 2.45) is 0 Å². The highest BCUT2D eigenvalue weighted by Crippen LogP contribution is 2.08. The number of imide groups is 1. The van der Waals surface area contributed by atoms with Gasteiger partial charge in [0.2, 0.25) is 0 Å². The molecule has 98 valence electrons. The van der Waals surface area contributed by atoms with Gasteiger partial charge >= 0.3 is 18.1 Å². The zero-order chi connectivity index (χ0) is 13.5. The number of hydrogen-bond acceptors (Lipinski definition) is 6. The van der Waals surface area contributed by atoms with Gasteiger partial charge in [-0.25, -0.2) is 9.59 Å². The first-order chi connectivity index (χ1) is 7.92. The molecule has 0 aliphatic carbocycles. The van der Waals surface area contributed by atoms with Gasteiger partial charge in [0.25, 0.3) is 0 Å². The van der Waals surface area contributed by atoms with Crippen LogP contribution >= 0.6 is 0 Å². The second kappa shape index (κ2) is 6.81. The predicted molar refractivity (Wildman–Crippen MR) is 56.1 cm³/mol. The summed E-state index contributed by atoms with van der Waals surface area (Å²) in [4.78, 5) is 33.8. The molecule has 0 saturated carbocycles. The lowest BCUT2D eigenvalue weighted by atomic mass is 10.4. The topological polar surface area (TPSA) is 105 Å². The SMILES string of the molecule is CCOC(=O)N[N+]([O-])(C(=O)CC)C(=O)OCC. The Morgan fingerprint density at radius 1 is 1.12 bits per heavy atom. The van der Waals surface area contributed by atoms with E-state index in [0.29, 0.717) is 0 Å². The quantitative estimate of drug-likeness (QED) is 0.591. The number of quaternary nitrogens is 1. The van der Waals surface area contributed by atoms with E-state index in [2.05, 4.69) is 9.47 Å². The minimum atomic E-state index is -2.21. The highest BCUT2D eigenvalue weighted by Gasteiger charge is 2.40. The van der Waals surface area contributed by atoms with Crippen molar-refractivity contribution in [1.82, 2.24) is 5.43 Å². The summed E-state index contributed by atoms with van der Waals surface area (Å²) >= 11 is 0. The summed E-state index contributed by atoms with van der Waals surface area (Å²) in [6.07, 6.45) is -2.78. The van der Waals surface area contributed by atoms with Gasteiger partial charge in [-0.15, -0.1) is 5.43 Å². The van der Waals surface area contributed by atoms with E-state index in [4.69, 9.17) is 0 Å². The van der Waals surface area contributed by atoms with Crippen LogP contribution in [0.2, 0.25) is 0 Å². The zero-order valence-electron chi connectivity index (χ0n) is 10.0. The van der Waals surface area contributed by atoms with Crippen LogP contribution in [0.4, 0.5) is 9.59 Å². The fourth-order valence-corrected chi connectivity index (χ4v) is 0.939. The van der Waals surface area contributed by atoms with Crippen molar-refractivity contribution in [3.8, 4) is 0 Å². The highest BCUT2D eigenvalue weighted by atomic mass is 16.7. The number of ether oxygens (including phenoxy) is 2. The maximum absolute atomic E-state index is 11.9. The monoisotopic (exact) mass is 248 g/mol. The van der Waals surface area contributed by atoms with E-state index in [9.17, 15) is 19.6 Å². The number of carbonyl (C=O) groups is 3. The van der Waals surface area contributed by atoms with Gasteiger partial charge in [0.15, 0.2) is 0 Å². The van der Waals surface area contributed by atoms with E-state index in [1.807, 2.05) is 0 Å². The molecule has 3 amide bonds. The molecule has 0 spiro atoms. The molecule has 0 saturated heterocycles. The van der Waals surface area contributed by atoms with Gasteiger partial charge in [-0.1, -0.05) is 11.7 Å². The number of hydroxylamine groups is 2. The van der Waals surface area contributed by atoms with Crippen molar-refractivity contribution >= 4 is 18.1 Å². The van der Waals surface area contributed by atoms with Gasteiger partial charge in [0, 0.05) is 0 Å². The highest BCUT2D eigenvalue weighted by molar-refractivity contribution is 5.83. The first-order valence-corrected chi connectivity index (χ1v) is 5.18. The van der Waals surface area contributed by atoms with Gasteiger partial charge < -0.3 is 14.7 Å². The maximum Gasteiger partial charge on any atom is 0.549 e. The standard InChI is InChI=1S/C9H16N2O6/c1-4-7(12)11(15,9(14)17-6-3)10-8(13)16-5-2/h4-6H2,1-3H3,(H,10,13). The third-order valence-electron chi connectivity index (χ3n) is 1.70. The summed E-state index contributed by atoms with van der Waals surface area (Å²) in [5, 5.41) is 11.9. The van der Waals surface area contributed by atoms with Crippen LogP contribution in [0.3, 0.4) is 0 Å². The Bertz CT molecular complexity index is 306. The third kappa shape index (κ3) is 4.00. The van der Waals surface area contributed by atoms with E-state index in [-0.39, 0.29) is 19.6 Å². The Hall–Kier alpha value is -1.67. The van der Waals surface area contributed by atoms with Crippen LogP contribution in [0, 0.1) is 5.21 Å². The first-order valence-electron chi connectivity index (χ1n) is 5.18. The smallest absolute Gasteiger partial charge is 0.549 e. The van der Waals surface area contributed by atoms with Crippen LogP contribution < -0.4 is 5.43 Å². The van der Waals surface area contributed by atoms with Crippen LogP contribution in [-0.2, 0) is 14.3 Å². The van der Waals surface area contributed by atoms with Crippen molar-refractivity contribution in [2.75, 3.05) is 13.2 Å². The molecule has 0 aromatic carbocycles. The molecule has 8 heteroatoms. The summed E-state index contributed by atoms with van der Waals surface area (Å²) in [7, 11) is 0. The molecule has 0 aliphatic rings. The first kappa shape index (κ1) is 15.3. The van der Waals surface area contributed by atoms with Crippen molar-refractivity contribution in [1.29, 1.82) is 0 Å². The number of nitrogens with one attached hydrogen (secondary N) is 1. The Labute approximate surface area is 98.6 Å². The van der Waals surface area contributed by atoms with Gasteiger partial charge in [-0.2, -0.15) is 4.79 Å². The predicted octanol–water partition coefficient (Wildman–Crippen LogP) is 1.06. The minimum absolute atomic E-state index is 0.00890. The maximum atomic E-state index is 11.9. The molecule has 1 atom stereocenters. The Balaban J connectivity index is 4.91. The zero-order valence-corrected chi connectivity index (χ0v) is 10.0. The molecule has 0 rings (SSSR count). The van der Waals surface area contributed by atoms with Crippen LogP contribution in [0.1, 0.15) is 27.2 Å². The fraction of sp³-hybridized carbons (Fsp3) is 0.667. The average Bonchev–Trinajstić information content (AvgIpc) is 2.28.